The highest BCUT2D eigenvalue weighted by atomic mass is 19.4. The third kappa shape index (κ3) is 7.74. The van der Waals surface area contributed by atoms with E-state index in [2.05, 4.69) is 20.7 Å². The van der Waals surface area contributed by atoms with Gasteiger partial charge in [0.25, 0.3) is 12.3 Å². The van der Waals surface area contributed by atoms with E-state index in [1.165, 1.54) is 29.1 Å². The second-order valence-corrected chi connectivity index (χ2v) is 11.6. The zero-order valence-corrected chi connectivity index (χ0v) is 23.1. The van der Waals surface area contributed by atoms with Crippen LogP contribution in [0, 0.1) is 11.8 Å². The molecule has 2 aromatic heterocycles. The molecule has 3 aliphatic carbocycles. The van der Waals surface area contributed by atoms with Gasteiger partial charge in [0.15, 0.2) is 5.65 Å². The summed E-state index contributed by atoms with van der Waals surface area (Å²) in [5.74, 6) is -4.72. The van der Waals surface area contributed by atoms with Crippen molar-refractivity contribution in [3.63, 3.8) is 0 Å². The lowest BCUT2D eigenvalue weighted by Crippen LogP contribution is -2.38. The highest BCUT2D eigenvalue weighted by molar-refractivity contribution is 5.98. The number of aromatic nitrogens is 3. The Morgan fingerprint density at radius 2 is 1.67 bits per heavy atom. The summed E-state index contributed by atoms with van der Waals surface area (Å²) in [6.07, 6.45) is -1.73. The van der Waals surface area contributed by atoms with Crippen LogP contribution < -0.4 is 10.6 Å². The fourth-order valence-electron chi connectivity index (χ4n) is 5.81. The Kier molecular flexibility index (Phi) is 8.85. The molecule has 3 aliphatic rings. The Morgan fingerprint density at radius 1 is 1.00 bits per heavy atom. The molecule has 2 saturated carbocycles. The number of amides is 2. The van der Waals surface area contributed by atoms with E-state index < -0.39 is 61.2 Å². The topological polar surface area (TPSA) is 88.4 Å². The third-order valence-electron chi connectivity index (χ3n) is 8.27. The lowest BCUT2D eigenvalue weighted by molar-refractivity contribution is -0.144. The van der Waals surface area contributed by atoms with Gasteiger partial charge < -0.3 is 10.6 Å². The van der Waals surface area contributed by atoms with Gasteiger partial charge in [-0.2, -0.15) is 18.3 Å². The fourth-order valence-corrected chi connectivity index (χ4v) is 5.81. The Balaban J connectivity index is 1.40. The molecule has 7 nitrogen and oxygen atoms in total. The van der Waals surface area contributed by atoms with Crippen molar-refractivity contribution < 1.29 is 40.3 Å². The molecule has 0 radical (unpaired) electrons. The second kappa shape index (κ2) is 12.3. The number of nitrogens with zero attached hydrogens (tertiary/aromatic N) is 3. The highest BCUT2D eigenvalue weighted by Crippen LogP contribution is 2.43. The maximum Gasteiger partial charge on any atom is 0.389 e. The van der Waals surface area contributed by atoms with E-state index in [4.69, 9.17) is 0 Å². The molecule has 2 fully saturated rings. The Morgan fingerprint density at radius 3 is 2.33 bits per heavy atom. The summed E-state index contributed by atoms with van der Waals surface area (Å²) in [6, 6.07) is 0.211. The number of carbonyl (C=O) groups is 2. The molecule has 0 aromatic carbocycles. The van der Waals surface area contributed by atoms with Crippen LogP contribution in [0.5, 0.6) is 0 Å². The number of allylic oxidation sites excluding steroid dienone is 2. The molecule has 43 heavy (non-hydrogen) atoms. The second-order valence-electron chi connectivity index (χ2n) is 11.6. The lowest BCUT2D eigenvalue weighted by Gasteiger charge is -2.33. The van der Waals surface area contributed by atoms with Crippen LogP contribution in [0.1, 0.15) is 87.5 Å². The number of hydrogen-bond acceptors (Lipinski definition) is 4. The van der Waals surface area contributed by atoms with Crippen molar-refractivity contribution in [2.75, 3.05) is 0 Å². The largest absolute Gasteiger partial charge is 0.389 e. The smallest absolute Gasteiger partial charge is 0.349 e. The van der Waals surface area contributed by atoms with Gasteiger partial charge in [-0.15, -0.1) is 0 Å². The Labute approximate surface area is 243 Å². The van der Waals surface area contributed by atoms with Gasteiger partial charge in [0.2, 0.25) is 11.8 Å². The Hall–Kier alpha value is -3.45. The number of halogens is 7. The van der Waals surface area contributed by atoms with Gasteiger partial charge in [0.05, 0.1) is 36.6 Å². The Bertz CT molecular complexity index is 1400. The van der Waals surface area contributed by atoms with E-state index in [1.54, 1.807) is 6.07 Å². The van der Waals surface area contributed by atoms with Crippen LogP contribution in [-0.4, -0.2) is 44.9 Å². The van der Waals surface area contributed by atoms with Crippen LogP contribution >= 0.6 is 0 Å². The van der Waals surface area contributed by atoms with Gasteiger partial charge in [0, 0.05) is 30.4 Å². The van der Waals surface area contributed by atoms with Crippen molar-refractivity contribution in [3.05, 3.63) is 53.0 Å². The first-order valence-electron chi connectivity index (χ1n) is 14.4. The zero-order valence-electron chi connectivity index (χ0n) is 23.1. The minimum atomic E-state index is -4.45. The van der Waals surface area contributed by atoms with Crippen LogP contribution in [0.15, 0.2) is 41.8 Å². The van der Waals surface area contributed by atoms with Gasteiger partial charge in [0.1, 0.15) is 0 Å². The van der Waals surface area contributed by atoms with Gasteiger partial charge in [-0.25, -0.2) is 27.1 Å². The molecule has 5 rings (SSSR count). The number of imidazole rings is 1. The van der Waals surface area contributed by atoms with E-state index >= 15 is 0 Å². The molecular formula is C29H32F7N5O2. The number of alkyl halides is 7. The molecule has 0 aliphatic heterocycles. The van der Waals surface area contributed by atoms with Gasteiger partial charge in [-0.1, -0.05) is 12.2 Å². The average Bonchev–Trinajstić information content (AvgIpc) is 3.71. The molecule has 0 saturated heterocycles. The van der Waals surface area contributed by atoms with Crippen molar-refractivity contribution in [2.24, 2.45) is 11.8 Å². The number of hydrogen-bond donors (Lipinski definition) is 2. The number of nitrogens with one attached hydrogen (secondary N) is 2. The fraction of sp³-hybridized carbons (Fsp3) is 0.586. The first-order chi connectivity index (χ1) is 20.3. The average molecular weight is 616 g/mol. The third-order valence-corrected chi connectivity index (χ3v) is 8.27. The summed E-state index contributed by atoms with van der Waals surface area (Å²) in [6.45, 7) is 0. The highest BCUT2D eigenvalue weighted by Gasteiger charge is 2.40. The van der Waals surface area contributed by atoms with Crippen LogP contribution in [0.25, 0.3) is 5.65 Å². The number of fused-ring (bicyclic) bond motifs is 1. The molecule has 0 spiro atoms. The molecule has 2 heterocycles. The molecule has 2 atom stereocenters. The monoisotopic (exact) mass is 615 g/mol. The van der Waals surface area contributed by atoms with E-state index in [0.29, 0.717) is 29.7 Å². The minimum Gasteiger partial charge on any atom is -0.349 e. The molecule has 2 amide bonds. The molecule has 2 N–H and O–H groups in total. The van der Waals surface area contributed by atoms with Gasteiger partial charge in [-0.05, 0) is 62.0 Å². The summed E-state index contributed by atoms with van der Waals surface area (Å²) in [5.41, 5.74) is 0.648. The predicted octanol–water partition coefficient (Wildman–Crippen LogP) is 6.53. The van der Waals surface area contributed by atoms with Crippen LogP contribution in [0.3, 0.4) is 0 Å². The van der Waals surface area contributed by atoms with Crippen LogP contribution in [0.4, 0.5) is 30.7 Å². The molecule has 1 unspecified atom stereocenters. The SMILES string of the molecule is O=C(CCC(F)(F)F)NC(c1cnn2cc([C@@H](NC(=O)C3=CCCC=C3C(F)F)C3CCC(F)(F)CC3)nc2c1)C1CC1. The van der Waals surface area contributed by atoms with Crippen molar-refractivity contribution in [1.82, 2.24) is 25.2 Å². The van der Waals surface area contributed by atoms with Crippen LogP contribution in [0.2, 0.25) is 0 Å². The van der Waals surface area contributed by atoms with Crippen molar-refractivity contribution in [2.45, 2.75) is 94.8 Å². The summed E-state index contributed by atoms with van der Waals surface area (Å²) >= 11 is 0. The first-order valence-corrected chi connectivity index (χ1v) is 14.4. The molecule has 14 heteroatoms. The molecular weight excluding hydrogens is 583 g/mol. The molecule has 2 aromatic rings. The van der Waals surface area contributed by atoms with E-state index in [-0.39, 0.29) is 42.7 Å². The van der Waals surface area contributed by atoms with Gasteiger partial charge in [-0.3, -0.25) is 9.59 Å². The van der Waals surface area contributed by atoms with Crippen LogP contribution in [-0.2, 0) is 9.59 Å². The first kappa shape index (κ1) is 31.0. The quantitative estimate of drug-likeness (QED) is 0.298. The maximum absolute atomic E-state index is 14.0. The maximum atomic E-state index is 14.0. The van der Waals surface area contributed by atoms with Gasteiger partial charge >= 0.3 is 6.18 Å². The van der Waals surface area contributed by atoms with E-state index in [0.717, 1.165) is 12.8 Å². The van der Waals surface area contributed by atoms with E-state index in [9.17, 15) is 40.3 Å². The lowest BCUT2D eigenvalue weighted by atomic mass is 9.81. The van der Waals surface area contributed by atoms with E-state index in [1.807, 2.05) is 0 Å². The normalized spacial score (nSPS) is 20.8. The zero-order chi connectivity index (χ0) is 30.9. The standard InChI is InChI=1S/C29H32F7N5O2/c30-26(31)19-3-1-2-4-20(19)27(43)40-25(17-7-10-28(32,33)11-8-17)21-15-41-22(38-21)13-18(14-37-41)24(16-5-6-16)39-23(42)9-12-29(34,35)36/h3-4,13-17,24-26H,1-2,5-12H2,(H,39,42)(H,40,43)/t24?,25-/m0/s1. The summed E-state index contributed by atoms with van der Waals surface area (Å²) in [4.78, 5) is 30.1. The molecule has 234 valence electrons. The van der Waals surface area contributed by atoms with Crippen molar-refractivity contribution in [1.29, 1.82) is 0 Å². The summed E-state index contributed by atoms with van der Waals surface area (Å²) in [5, 5.41) is 9.82. The minimum absolute atomic E-state index is 0.0327. The number of carbonyl (C=O) groups excluding carboxylic acids is 2. The predicted molar refractivity (Wildman–Crippen MR) is 141 cm³/mol. The van der Waals surface area contributed by atoms with Crippen molar-refractivity contribution >= 4 is 17.5 Å². The molecule has 0 bridgehead atoms. The summed E-state index contributed by atoms with van der Waals surface area (Å²) in [7, 11) is 0. The summed E-state index contributed by atoms with van der Waals surface area (Å²) < 4.78 is 94.5. The number of rotatable bonds is 10. The van der Waals surface area contributed by atoms with Crippen molar-refractivity contribution in [3.8, 4) is 0 Å².